The van der Waals surface area contributed by atoms with E-state index in [1.807, 2.05) is 6.07 Å². The van der Waals surface area contributed by atoms with Crippen LogP contribution in [0.3, 0.4) is 0 Å². The molecular formula is C22H22N4O4S. The van der Waals surface area contributed by atoms with E-state index in [1.54, 1.807) is 48.5 Å². The second-order valence-corrected chi connectivity index (χ2v) is 9.18. The molecule has 2 amide bonds. The van der Waals surface area contributed by atoms with Gasteiger partial charge in [-0.2, -0.15) is 0 Å². The summed E-state index contributed by atoms with van der Waals surface area (Å²) in [6.45, 7) is 0. The molecule has 0 spiro atoms. The Morgan fingerprint density at radius 1 is 0.774 bits per heavy atom. The molecule has 31 heavy (non-hydrogen) atoms. The third-order valence-corrected chi connectivity index (χ3v) is 6.62. The fourth-order valence-corrected chi connectivity index (χ4v) is 3.93. The Labute approximate surface area is 180 Å². The number of nitrogens with one attached hydrogen (secondary N) is 1. The van der Waals surface area contributed by atoms with E-state index in [1.165, 1.54) is 26.2 Å². The summed E-state index contributed by atoms with van der Waals surface area (Å²) in [5.41, 5.74) is 11.2. The van der Waals surface area contributed by atoms with Crippen molar-refractivity contribution in [3.8, 4) is 22.3 Å². The Hall–Kier alpha value is -3.53. The fraction of sp³-hybridized carbons (Fsp3) is 0.0909. The van der Waals surface area contributed by atoms with E-state index in [-0.39, 0.29) is 4.90 Å². The number of hydrazine groups is 1. The van der Waals surface area contributed by atoms with E-state index in [4.69, 9.17) is 11.6 Å². The van der Waals surface area contributed by atoms with Crippen molar-refractivity contribution in [1.82, 2.24) is 9.73 Å². The Bertz CT molecular complexity index is 1240. The van der Waals surface area contributed by atoms with Gasteiger partial charge in [0.15, 0.2) is 0 Å². The van der Waals surface area contributed by atoms with Crippen LogP contribution in [0.5, 0.6) is 0 Å². The van der Waals surface area contributed by atoms with Crippen molar-refractivity contribution in [1.29, 1.82) is 0 Å². The Morgan fingerprint density at radius 2 is 1.26 bits per heavy atom. The Kier molecular flexibility index (Phi) is 6.21. The number of nitrogen functional groups attached to an aromatic ring is 1. The maximum Gasteiger partial charge on any atom is 0.265 e. The molecule has 0 aliphatic heterocycles. The highest BCUT2D eigenvalue weighted by Crippen LogP contribution is 2.29. The molecule has 0 unspecified atom stereocenters. The number of carbonyl (C=O) groups excluding carboxylic acids is 2. The SMILES string of the molecule is CN(C)S(=O)(=O)c1ccc(-c2cc(C(N)=O)cc(-c3ccc(C(=O)NN)cc3)c2)cc1. The van der Waals surface area contributed by atoms with Crippen LogP contribution in [0.25, 0.3) is 22.3 Å². The van der Waals surface area contributed by atoms with Gasteiger partial charge in [0, 0.05) is 25.2 Å². The maximum absolute atomic E-state index is 12.3. The molecule has 3 aromatic rings. The molecule has 0 fully saturated rings. The first-order valence-corrected chi connectivity index (χ1v) is 10.7. The van der Waals surface area contributed by atoms with Crippen molar-refractivity contribution in [2.75, 3.05) is 14.1 Å². The Balaban J connectivity index is 2.05. The van der Waals surface area contributed by atoms with Crippen molar-refractivity contribution in [3.63, 3.8) is 0 Å². The number of amides is 2. The molecule has 5 N–H and O–H groups in total. The van der Waals surface area contributed by atoms with Gasteiger partial charge in [-0.15, -0.1) is 0 Å². The smallest absolute Gasteiger partial charge is 0.265 e. The third kappa shape index (κ3) is 4.64. The van der Waals surface area contributed by atoms with Gasteiger partial charge in [0.25, 0.3) is 5.91 Å². The lowest BCUT2D eigenvalue weighted by Crippen LogP contribution is -2.29. The first-order valence-electron chi connectivity index (χ1n) is 9.22. The number of nitrogens with zero attached hydrogens (tertiary/aromatic N) is 1. The number of hydrogen-bond donors (Lipinski definition) is 3. The lowest BCUT2D eigenvalue weighted by Gasteiger charge is -2.13. The van der Waals surface area contributed by atoms with Gasteiger partial charge in [-0.1, -0.05) is 24.3 Å². The van der Waals surface area contributed by atoms with E-state index < -0.39 is 21.8 Å². The summed E-state index contributed by atoms with van der Waals surface area (Å²) in [7, 11) is -0.611. The number of nitrogens with two attached hydrogens (primary N) is 2. The van der Waals surface area contributed by atoms with Gasteiger partial charge in [-0.05, 0) is 64.7 Å². The quantitative estimate of drug-likeness (QED) is 0.307. The summed E-state index contributed by atoms with van der Waals surface area (Å²) < 4.78 is 25.7. The standard InChI is InChI=1S/C22H22N4O4S/c1-26(2)31(29,30)20-9-7-15(8-10-20)18-11-17(12-19(13-18)21(23)27)14-3-5-16(6-4-14)22(28)25-24/h3-13H,24H2,1-2H3,(H2,23,27)(H,25,28). The molecule has 0 radical (unpaired) electrons. The number of rotatable bonds is 6. The first-order chi connectivity index (χ1) is 14.6. The zero-order valence-electron chi connectivity index (χ0n) is 17.0. The molecule has 3 aromatic carbocycles. The highest BCUT2D eigenvalue weighted by atomic mass is 32.2. The molecule has 0 bridgehead atoms. The number of carbonyl (C=O) groups is 2. The summed E-state index contributed by atoms with van der Waals surface area (Å²) in [5.74, 6) is 4.15. The average Bonchev–Trinajstić information content (AvgIpc) is 2.78. The van der Waals surface area contributed by atoms with Gasteiger partial charge in [-0.3, -0.25) is 15.0 Å². The van der Waals surface area contributed by atoms with Crippen molar-refractivity contribution in [3.05, 3.63) is 77.9 Å². The minimum Gasteiger partial charge on any atom is -0.366 e. The molecule has 3 rings (SSSR count). The molecule has 0 atom stereocenters. The van der Waals surface area contributed by atoms with Crippen LogP contribution in [-0.4, -0.2) is 38.6 Å². The maximum atomic E-state index is 12.3. The summed E-state index contributed by atoms with van der Waals surface area (Å²) >= 11 is 0. The molecule has 160 valence electrons. The normalized spacial score (nSPS) is 11.4. The summed E-state index contributed by atoms with van der Waals surface area (Å²) in [6.07, 6.45) is 0. The predicted octanol–water partition coefficient (Wildman–Crippen LogP) is 1.97. The zero-order valence-corrected chi connectivity index (χ0v) is 17.8. The molecule has 0 aliphatic carbocycles. The van der Waals surface area contributed by atoms with Crippen LogP contribution < -0.4 is 17.0 Å². The van der Waals surface area contributed by atoms with Crippen LogP contribution in [0.4, 0.5) is 0 Å². The fourth-order valence-electron chi connectivity index (χ4n) is 3.03. The van der Waals surface area contributed by atoms with E-state index in [0.29, 0.717) is 16.7 Å². The van der Waals surface area contributed by atoms with Crippen LogP contribution >= 0.6 is 0 Å². The van der Waals surface area contributed by atoms with Gasteiger partial charge >= 0.3 is 0 Å². The molecule has 0 aliphatic rings. The molecule has 0 heterocycles. The molecule has 0 aromatic heterocycles. The zero-order chi connectivity index (χ0) is 22.8. The molecule has 8 nitrogen and oxygen atoms in total. The minimum atomic E-state index is -3.54. The molecular weight excluding hydrogens is 416 g/mol. The Morgan fingerprint density at radius 3 is 1.68 bits per heavy atom. The largest absolute Gasteiger partial charge is 0.366 e. The summed E-state index contributed by atoms with van der Waals surface area (Å²) in [6, 6.07) is 18.3. The van der Waals surface area contributed by atoms with Gasteiger partial charge in [0.2, 0.25) is 15.9 Å². The second kappa shape index (κ2) is 8.68. The van der Waals surface area contributed by atoms with Crippen LogP contribution in [0.1, 0.15) is 20.7 Å². The van der Waals surface area contributed by atoms with Crippen molar-refractivity contribution >= 4 is 21.8 Å². The van der Waals surface area contributed by atoms with E-state index in [0.717, 1.165) is 21.0 Å². The van der Waals surface area contributed by atoms with Crippen LogP contribution in [0.2, 0.25) is 0 Å². The second-order valence-electron chi connectivity index (χ2n) is 7.03. The number of benzene rings is 3. The first kappa shape index (κ1) is 22.2. The summed E-state index contributed by atoms with van der Waals surface area (Å²) in [4.78, 5) is 23.7. The summed E-state index contributed by atoms with van der Waals surface area (Å²) in [5, 5.41) is 0. The molecule has 0 saturated heterocycles. The topological polar surface area (TPSA) is 136 Å². The highest BCUT2D eigenvalue weighted by molar-refractivity contribution is 7.89. The lowest BCUT2D eigenvalue weighted by atomic mass is 9.95. The van der Waals surface area contributed by atoms with E-state index in [9.17, 15) is 18.0 Å². The van der Waals surface area contributed by atoms with Crippen molar-refractivity contribution < 1.29 is 18.0 Å². The number of primary amides is 1. The number of sulfonamides is 1. The monoisotopic (exact) mass is 438 g/mol. The van der Waals surface area contributed by atoms with Gasteiger partial charge < -0.3 is 5.73 Å². The van der Waals surface area contributed by atoms with E-state index in [2.05, 4.69) is 5.43 Å². The van der Waals surface area contributed by atoms with Gasteiger partial charge in [-0.25, -0.2) is 18.6 Å². The van der Waals surface area contributed by atoms with Crippen LogP contribution in [-0.2, 0) is 10.0 Å². The number of hydrogen-bond acceptors (Lipinski definition) is 5. The highest BCUT2D eigenvalue weighted by Gasteiger charge is 2.17. The minimum absolute atomic E-state index is 0.168. The van der Waals surface area contributed by atoms with Crippen molar-refractivity contribution in [2.45, 2.75) is 4.90 Å². The van der Waals surface area contributed by atoms with Crippen molar-refractivity contribution in [2.24, 2.45) is 11.6 Å². The third-order valence-electron chi connectivity index (χ3n) is 4.80. The van der Waals surface area contributed by atoms with Gasteiger partial charge in [0.05, 0.1) is 4.90 Å². The van der Waals surface area contributed by atoms with Crippen LogP contribution in [0, 0.1) is 0 Å². The predicted molar refractivity (Wildman–Crippen MR) is 118 cm³/mol. The average molecular weight is 439 g/mol. The molecule has 0 saturated carbocycles. The molecule has 9 heteroatoms. The van der Waals surface area contributed by atoms with E-state index >= 15 is 0 Å². The lowest BCUT2D eigenvalue weighted by molar-refractivity contribution is 0.0952. The van der Waals surface area contributed by atoms with Crippen LogP contribution in [0.15, 0.2) is 71.6 Å². The van der Waals surface area contributed by atoms with Gasteiger partial charge in [0.1, 0.15) is 0 Å².